The van der Waals surface area contributed by atoms with E-state index in [0.717, 1.165) is 6.07 Å². The van der Waals surface area contributed by atoms with E-state index in [1.807, 2.05) is 0 Å². The molecule has 2 rings (SSSR count). The van der Waals surface area contributed by atoms with Crippen LogP contribution < -0.4 is 5.73 Å². The fraction of sp³-hybridized carbons (Fsp3) is 0.333. The molecule has 1 atom stereocenters. The summed E-state index contributed by atoms with van der Waals surface area (Å²) in [6.07, 6.45) is -9.70. The Balaban J connectivity index is 2.53. The number of hydrogen-bond donors (Lipinski definition) is 1. The number of anilines is 1. The molecule has 0 radical (unpaired) electrons. The first kappa shape index (κ1) is 19.3. The molecule has 0 fully saturated rings. The highest BCUT2D eigenvalue weighted by molar-refractivity contribution is 7.91. The van der Waals surface area contributed by atoms with Crippen molar-refractivity contribution in [2.24, 2.45) is 0 Å². The van der Waals surface area contributed by atoms with Gasteiger partial charge in [0.2, 0.25) is 11.7 Å². The monoisotopic (exact) mass is 390 g/mol. The summed E-state index contributed by atoms with van der Waals surface area (Å²) in [5, 5.41) is 3.01. The molecule has 1 aromatic heterocycles. The third kappa shape index (κ3) is 4.34. The second kappa shape index (κ2) is 6.37. The Kier molecular flexibility index (Phi) is 4.92. The van der Waals surface area contributed by atoms with E-state index in [9.17, 15) is 35.3 Å². The number of hydrogen-bond acceptors (Lipinski definition) is 4. The van der Waals surface area contributed by atoms with Crippen molar-refractivity contribution in [1.82, 2.24) is 14.8 Å². The van der Waals surface area contributed by atoms with Crippen molar-refractivity contribution in [2.75, 3.05) is 11.5 Å². The van der Waals surface area contributed by atoms with Crippen LogP contribution in [-0.4, -0.2) is 31.2 Å². The molecule has 138 valence electrons. The predicted octanol–water partition coefficient (Wildman–Crippen LogP) is 2.99. The quantitative estimate of drug-likeness (QED) is 0.646. The van der Waals surface area contributed by atoms with Crippen LogP contribution in [-0.2, 0) is 17.4 Å². The van der Waals surface area contributed by atoms with Gasteiger partial charge in [-0.15, -0.1) is 5.10 Å². The van der Waals surface area contributed by atoms with Crippen LogP contribution >= 0.6 is 0 Å². The number of nitrogens with two attached hydrogens (primary N) is 1. The summed E-state index contributed by atoms with van der Waals surface area (Å²) in [6, 6.07) is 1.44. The average Bonchev–Trinajstić information content (AvgIpc) is 2.78. The van der Waals surface area contributed by atoms with Gasteiger partial charge in [-0.25, -0.2) is 4.39 Å². The first-order chi connectivity index (χ1) is 11.3. The Bertz CT molecular complexity index is 787. The fourth-order valence-electron chi connectivity index (χ4n) is 1.90. The van der Waals surface area contributed by atoms with Crippen molar-refractivity contribution < 1.29 is 35.3 Å². The molecule has 0 aliphatic rings. The topological polar surface area (TPSA) is 79.8 Å². The first-order valence-electron chi connectivity index (χ1n) is 6.35. The molecule has 0 amide bonds. The van der Waals surface area contributed by atoms with E-state index in [1.165, 1.54) is 6.92 Å². The van der Waals surface area contributed by atoms with Gasteiger partial charge in [0.25, 0.3) is 5.82 Å². The molecular formula is C12H9F7N4OS. The minimum absolute atomic E-state index is 0.0708. The first-order valence-corrected chi connectivity index (χ1v) is 7.67. The summed E-state index contributed by atoms with van der Waals surface area (Å²) < 4.78 is 101. The van der Waals surface area contributed by atoms with Crippen LogP contribution in [0.4, 0.5) is 36.7 Å². The molecule has 2 N–H and O–H groups in total. The summed E-state index contributed by atoms with van der Waals surface area (Å²) in [4.78, 5) is 2.53. The Morgan fingerprint density at radius 3 is 2.28 bits per heavy atom. The van der Waals surface area contributed by atoms with Gasteiger partial charge in [0.05, 0.1) is 0 Å². The average molecular weight is 390 g/mol. The lowest BCUT2D eigenvalue weighted by Crippen LogP contribution is -2.24. The molecule has 1 unspecified atom stereocenters. The van der Waals surface area contributed by atoms with Crippen LogP contribution in [0.5, 0.6) is 0 Å². The van der Waals surface area contributed by atoms with Gasteiger partial charge in [0.1, 0.15) is 11.5 Å². The second-order valence-corrected chi connectivity index (χ2v) is 6.30. The molecule has 0 saturated carbocycles. The van der Waals surface area contributed by atoms with Crippen LogP contribution in [0.15, 0.2) is 17.0 Å². The molecule has 13 heteroatoms. The maximum atomic E-state index is 14.1. The van der Waals surface area contributed by atoms with E-state index in [2.05, 4.69) is 10.1 Å². The predicted molar refractivity (Wildman–Crippen MR) is 72.8 cm³/mol. The molecular weight excluding hydrogens is 381 g/mol. The highest BCUT2D eigenvalue weighted by Gasteiger charge is 2.38. The van der Waals surface area contributed by atoms with Crippen molar-refractivity contribution in [3.05, 3.63) is 29.3 Å². The van der Waals surface area contributed by atoms with E-state index >= 15 is 0 Å². The lowest BCUT2D eigenvalue weighted by Gasteiger charge is -2.16. The maximum Gasteiger partial charge on any atom is 0.453 e. The minimum Gasteiger partial charge on any atom is -0.611 e. The van der Waals surface area contributed by atoms with E-state index in [0.29, 0.717) is 6.07 Å². The van der Waals surface area contributed by atoms with E-state index < -0.39 is 57.5 Å². The zero-order valence-electron chi connectivity index (χ0n) is 12.2. The Morgan fingerprint density at radius 1 is 1.20 bits per heavy atom. The molecule has 1 heterocycles. The van der Waals surface area contributed by atoms with Crippen molar-refractivity contribution in [1.29, 1.82) is 0 Å². The molecule has 1 aromatic carbocycles. The molecule has 5 nitrogen and oxygen atoms in total. The van der Waals surface area contributed by atoms with Gasteiger partial charge in [-0.2, -0.15) is 36.0 Å². The molecule has 2 aromatic rings. The smallest absolute Gasteiger partial charge is 0.453 e. The largest absolute Gasteiger partial charge is 0.611 e. The molecule has 25 heavy (non-hydrogen) atoms. The Labute approximate surface area is 138 Å². The molecule has 0 aliphatic heterocycles. The van der Waals surface area contributed by atoms with Crippen LogP contribution in [0.25, 0.3) is 5.69 Å². The van der Waals surface area contributed by atoms with Gasteiger partial charge in [-0.05, 0) is 24.2 Å². The summed E-state index contributed by atoms with van der Waals surface area (Å²) in [5.41, 5.74) is 4.50. The van der Waals surface area contributed by atoms with E-state index in [4.69, 9.17) is 5.73 Å². The van der Waals surface area contributed by atoms with Gasteiger partial charge in [-0.3, -0.25) is 0 Å². The van der Waals surface area contributed by atoms with Gasteiger partial charge < -0.3 is 10.3 Å². The summed E-state index contributed by atoms with van der Waals surface area (Å²) in [5.74, 6) is -5.29. The Hall–Kier alpha value is -2.02. The Morgan fingerprint density at radius 2 is 1.80 bits per heavy atom. The number of aromatic nitrogens is 3. The van der Waals surface area contributed by atoms with Crippen LogP contribution in [0.2, 0.25) is 0 Å². The zero-order valence-corrected chi connectivity index (χ0v) is 13.1. The number of halogens is 7. The van der Waals surface area contributed by atoms with Crippen LogP contribution in [0.3, 0.4) is 0 Å². The number of alkyl halides is 6. The van der Waals surface area contributed by atoms with Gasteiger partial charge in [0.15, 0.2) is 4.90 Å². The third-order valence-electron chi connectivity index (χ3n) is 2.90. The highest BCUT2D eigenvalue weighted by atomic mass is 32.2. The summed E-state index contributed by atoms with van der Waals surface area (Å²) >= 11 is -2.59. The van der Waals surface area contributed by atoms with Crippen molar-refractivity contribution in [3.8, 4) is 5.69 Å². The third-order valence-corrected chi connectivity index (χ3v) is 4.42. The highest BCUT2D eigenvalue weighted by Crippen LogP contribution is 2.31. The van der Waals surface area contributed by atoms with Gasteiger partial charge in [0, 0.05) is 11.6 Å². The zero-order chi connectivity index (χ0) is 19.2. The normalized spacial score (nSPS) is 14.0. The second-order valence-electron chi connectivity index (χ2n) is 4.88. The maximum absolute atomic E-state index is 14.1. The van der Waals surface area contributed by atoms with Crippen LogP contribution in [0.1, 0.15) is 11.4 Å². The van der Waals surface area contributed by atoms with E-state index in [-0.39, 0.29) is 10.2 Å². The van der Waals surface area contributed by atoms with E-state index in [1.54, 1.807) is 0 Å². The molecule has 0 aliphatic carbocycles. The summed E-state index contributed by atoms with van der Waals surface area (Å²) in [7, 11) is 0. The minimum atomic E-state index is -4.96. The summed E-state index contributed by atoms with van der Waals surface area (Å²) in [6.45, 7) is 1.21. The lowest BCUT2D eigenvalue weighted by atomic mass is 10.2. The number of aryl methyl sites for hydroxylation is 1. The number of rotatable bonds is 3. The number of benzene rings is 1. The van der Waals surface area contributed by atoms with Gasteiger partial charge >= 0.3 is 12.4 Å². The van der Waals surface area contributed by atoms with Gasteiger partial charge in [-0.1, -0.05) is 0 Å². The molecule has 0 bridgehead atoms. The van der Waals surface area contributed by atoms with Crippen molar-refractivity contribution in [3.63, 3.8) is 0 Å². The lowest BCUT2D eigenvalue weighted by molar-refractivity contribution is -0.144. The van der Waals surface area contributed by atoms with Crippen molar-refractivity contribution in [2.45, 2.75) is 24.2 Å². The fourth-order valence-corrected chi connectivity index (χ4v) is 3.01. The van der Waals surface area contributed by atoms with Crippen LogP contribution in [0, 0.1) is 12.7 Å². The number of nitrogen functional groups attached to an aromatic ring is 1. The standard InChI is InChI=1S/C12H9F7N4OS/c1-5-2-6(13)7(3-8(5)25(24)4-11(14,15)16)23-10(20)21-9(22-23)12(17,18)19/h2-3H,4H2,1H3,(H2,20,21,22). The van der Waals surface area contributed by atoms with Crippen molar-refractivity contribution >= 4 is 17.1 Å². The number of nitrogens with zero attached hydrogens (tertiary/aromatic N) is 3. The SMILES string of the molecule is Cc1cc(F)c(-n2nc(C(F)(F)F)nc2N)cc1[S+]([O-])CC(F)(F)F. The molecule has 0 spiro atoms. The molecule has 0 saturated heterocycles.